The van der Waals surface area contributed by atoms with Crippen molar-refractivity contribution in [2.24, 2.45) is 5.73 Å². The van der Waals surface area contributed by atoms with Crippen molar-refractivity contribution in [1.29, 1.82) is 0 Å². The van der Waals surface area contributed by atoms with E-state index >= 15 is 0 Å². The summed E-state index contributed by atoms with van der Waals surface area (Å²) in [6, 6.07) is 3.00. The fourth-order valence-electron chi connectivity index (χ4n) is 3.43. The van der Waals surface area contributed by atoms with Gasteiger partial charge in [0.1, 0.15) is 22.6 Å². The number of nitrogens with one attached hydrogen (secondary N) is 1. The van der Waals surface area contributed by atoms with Crippen molar-refractivity contribution in [3.8, 4) is 0 Å². The summed E-state index contributed by atoms with van der Waals surface area (Å²) < 4.78 is 28.1. The normalized spacial score (nSPS) is 18.5. The van der Waals surface area contributed by atoms with E-state index in [2.05, 4.69) is 5.32 Å². The van der Waals surface area contributed by atoms with Gasteiger partial charge in [0.25, 0.3) is 11.8 Å². The molecule has 0 radical (unpaired) electrons. The maximum atomic E-state index is 13.9. The predicted octanol–water partition coefficient (Wildman–Crippen LogP) is 2.97. The number of carbonyl (C=O) groups is 3. The Kier molecular flexibility index (Phi) is 4.84. The van der Waals surface area contributed by atoms with Gasteiger partial charge in [-0.05, 0) is 25.0 Å². The van der Waals surface area contributed by atoms with Gasteiger partial charge in [0.2, 0.25) is 5.91 Å². The minimum atomic E-state index is -0.816. The third kappa shape index (κ3) is 3.06. The number of halogens is 2. The second kappa shape index (κ2) is 7.17. The molecule has 28 heavy (non-hydrogen) atoms. The average molecular weight is 423 g/mol. The van der Waals surface area contributed by atoms with E-state index in [0.717, 1.165) is 41.7 Å². The molecule has 2 aromatic rings. The zero-order chi connectivity index (χ0) is 20.0. The fraction of sp³-hybridized carbons (Fsp3) is 0.278. The van der Waals surface area contributed by atoms with Gasteiger partial charge in [0.05, 0.1) is 15.5 Å². The molecule has 0 saturated carbocycles. The zero-order valence-electron chi connectivity index (χ0n) is 14.5. The summed E-state index contributed by atoms with van der Waals surface area (Å²) >= 11 is 2.01. The monoisotopic (exact) mass is 423 g/mol. The molecule has 4 rings (SSSR count). The highest BCUT2D eigenvalue weighted by molar-refractivity contribution is 8.00. The van der Waals surface area contributed by atoms with E-state index in [9.17, 15) is 23.2 Å². The smallest absolute Gasteiger partial charge is 0.266 e. The van der Waals surface area contributed by atoms with Crippen molar-refractivity contribution in [2.45, 2.75) is 28.8 Å². The molecule has 1 fully saturated rings. The van der Waals surface area contributed by atoms with Crippen LogP contribution in [-0.2, 0) is 10.5 Å². The predicted molar refractivity (Wildman–Crippen MR) is 101 cm³/mol. The van der Waals surface area contributed by atoms with Crippen LogP contribution in [0.1, 0.15) is 38.4 Å². The van der Waals surface area contributed by atoms with Gasteiger partial charge in [-0.1, -0.05) is 6.07 Å². The number of anilines is 1. The lowest BCUT2D eigenvalue weighted by Crippen LogP contribution is -2.40. The van der Waals surface area contributed by atoms with Crippen LogP contribution in [0, 0.1) is 11.6 Å². The molecule has 0 aliphatic carbocycles. The molecule has 6 nitrogen and oxygen atoms in total. The highest BCUT2D eigenvalue weighted by Crippen LogP contribution is 2.44. The summed E-state index contributed by atoms with van der Waals surface area (Å²) in [7, 11) is 0. The van der Waals surface area contributed by atoms with Gasteiger partial charge in [0, 0.05) is 17.9 Å². The Hall–Kier alpha value is -2.46. The summed E-state index contributed by atoms with van der Waals surface area (Å²) in [6.45, 7) is 0.461. The molecule has 0 spiro atoms. The molecule has 3 amide bonds. The van der Waals surface area contributed by atoms with E-state index in [1.807, 2.05) is 0 Å². The molecule has 1 atom stereocenters. The summed E-state index contributed by atoms with van der Waals surface area (Å²) in [6.07, 6.45) is 1.29. The van der Waals surface area contributed by atoms with Gasteiger partial charge < -0.3 is 16.0 Å². The van der Waals surface area contributed by atoms with Crippen LogP contribution in [-0.4, -0.2) is 35.2 Å². The number of hydrogen-bond donors (Lipinski definition) is 2. The van der Waals surface area contributed by atoms with Crippen molar-refractivity contribution in [3.63, 3.8) is 0 Å². The third-order valence-electron chi connectivity index (χ3n) is 4.79. The number of carbonyl (C=O) groups excluding carboxylic acids is 3. The van der Waals surface area contributed by atoms with Crippen molar-refractivity contribution < 1.29 is 23.2 Å². The first-order chi connectivity index (χ1) is 13.4. The molecule has 1 saturated heterocycles. The van der Waals surface area contributed by atoms with Gasteiger partial charge in [-0.15, -0.1) is 23.1 Å². The lowest BCUT2D eigenvalue weighted by Gasteiger charge is -2.19. The molecule has 0 unspecified atom stereocenters. The molecular weight excluding hydrogens is 408 g/mol. The van der Waals surface area contributed by atoms with Crippen LogP contribution in [0.4, 0.5) is 14.5 Å². The largest absolute Gasteiger partial charge is 0.365 e. The fourth-order valence-corrected chi connectivity index (χ4v) is 5.94. The van der Waals surface area contributed by atoms with Gasteiger partial charge in [0.15, 0.2) is 0 Å². The molecule has 146 valence electrons. The highest BCUT2D eigenvalue weighted by Gasteiger charge is 2.41. The maximum absolute atomic E-state index is 13.9. The number of nitrogens with zero attached hydrogens (tertiary/aromatic N) is 1. The molecule has 2 aliphatic rings. The molecule has 0 bridgehead atoms. The highest BCUT2D eigenvalue weighted by atomic mass is 32.2. The Bertz CT molecular complexity index is 988. The van der Waals surface area contributed by atoms with Crippen molar-refractivity contribution in [1.82, 2.24) is 4.90 Å². The average Bonchev–Trinajstić information content (AvgIpc) is 3.24. The topological polar surface area (TPSA) is 92.5 Å². The number of hydrogen-bond acceptors (Lipinski definition) is 5. The quantitative estimate of drug-likeness (QED) is 0.740. The first-order valence-electron chi connectivity index (χ1n) is 8.52. The number of thiophene rings is 1. The van der Waals surface area contributed by atoms with Crippen LogP contribution < -0.4 is 11.1 Å². The number of primary amides is 1. The summed E-state index contributed by atoms with van der Waals surface area (Å²) in [5.41, 5.74) is 5.46. The number of thioether (sulfide) groups is 1. The number of benzene rings is 1. The van der Waals surface area contributed by atoms with Crippen molar-refractivity contribution in [3.05, 3.63) is 45.8 Å². The Morgan fingerprint density at radius 1 is 1.32 bits per heavy atom. The lowest BCUT2D eigenvalue weighted by atomic mass is 10.2. The van der Waals surface area contributed by atoms with Gasteiger partial charge in [-0.25, -0.2) is 8.78 Å². The Labute approximate surface area is 167 Å². The molecule has 2 aliphatic heterocycles. The van der Waals surface area contributed by atoms with Crippen LogP contribution in [0.3, 0.4) is 0 Å². The van der Waals surface area contributed by atoms with E-state index in [1.165, 1.54) is 11.0 Å². The lowest BCUT2D eigenvalue weighted by molar-refractivity contribution is -0.119. The number of rotatable bonds is 4. The second-order valence-corrected chi connectivity index (χ2v) is 8.73. The third-order valence-corrected chi connectivity index (χ3v) is 7.27. The molecule has 10 heteroatoms. The SMILES string of the molecule is NC(=O)c1c(SCc2c(F)cccc2F)sc2c1NC(=O)[C@H]1CCCN1C2=O. The zero-order valence-corrected chi connectivity index (χ0v) is 16.1. The summed E-state index contributed by atoms with van der Waals surface area (Å²) in [5, 5.41) is 2.66. The molecule has 1 aromatic heterocycles. The number of fused-ring (bicyclic) bond motifs is 2. The van der Waals surface area contributed by atoms with Crippen LogP contribution >= 0.6 is 23.1 Å². The van der Waals surface area contributed by atoms with E-state index in [4.69, 9.17) is 5.73 Å². The van der Waals surface area contributed by atoms with Crippen LogP contribution in [0.5, 0.6) is 0 Å². The Balaban J connectivity index is 1.72. The Morgan fingerprint density at radius 3 is 2.71 bits per heavy atom. The van der Waals surface area contributed by atoms with E-state index in [1.54, 1.807) is 0 Å². The first-order valence-corrected chi connectivity index (χ1v) is 10.3. The van der Waals surface area contributed by atoms with Gasteiger partial charge in [-0.3, -0.25) is 14.4 Å². The number of amides is 3. The molecule has 3 heterocycles. The summed E-state index contributed by atoms with van der Waals surface area (Å²) in [5.74, 6) is -3.00. The van der Waals surface area contributed by atoms with E-state index < -0.39 is 23.6 Å². The van der Waals surface area contributed by atoms with Crippen LogP contribution in [0.15, 0.2) is 22.4 Å². The van der Waals surface area contributed by atoms with E-state index in [-0.39, 0.29) is 39.3 Å². The van der Waals surface area contributed by atoms with Crippen molar-refractivity contribution in [2.75, 3.05) is 11.9 Å². The van der Waals surface area contributed by atoms with E-state index in [0.29, 0.717) is 17.2 Å². The Morgan fingerprint density at radius 2 is 2.04 bits per heavy atom. The first kappa shape index (κ1) is 18.9. The van der Waals surface area contributed by atoms with Gasteiger partial charge >= 0.3 is 0 Å². The maximum Gasteiger partial charge on any atom is 0.266 e. The van der Waals surface area contributed by atoms with Gasteiger partial charge in [-0.2, -0.15) is 0 Å². The summed E-state index contributed by atoms with van der Waals surface area (Å²) in [4.78, 5) is 39.2. The molecular formula is C18H15F2N3O3S2. The minimum absolute atomic E-state index is 0.00428. The van der Waals surface area contributed by atoms with Crippen LogP contribution in [0.25, 0.3) is 0 Å². The number of nitrogens with two attached hydrogens (primary N) is 1. The minimum Gasteiger partial charge on any atom is -0.365 e. The van der Waals surface area contributed by atoms with Crippen molar-refractivity contribution >= 4 is 46.5 Å². The second-order valence-electron chi connectivity index (χ2n) is 6.47. The standard InChI is InChI=1S/C18H15F2N3O3S2/c19-9-3-1-4-10(20)8(9)7-27-18-12(15(21)24)13-14(28-18)17(26)23-6-2-5-11(23)16(25)22-13/h1,3-4,11H,2,5-7H2,(H2,21,24)(H,22,25)/t11-/m1/s1. The van der Waals surface area contributed by atoms with Crippen LogP contribution in [0.2, 0.25) is 0 Å². The molecule has 1 aromatic carbocycles. The molecule has 3 N–H and O–H groups in total.